The van der Waals surface area contributed by atoms with E-state index in [1.165, 1.54) is 17.9 Å². The van der Waals surface area contributed by atoms with Gasteiger partial charge in [0.05, 0.1) is 30.2 Å². The standard InChI is InChI=1S/C14H16ClF2NO2/c1-8-3-11(13(17)4-12(8)16)14(19)18-6-10(5-15)20-7-9(18)2/h3-4,9-10H,5-7H2,1-2H3. The van der Waals surface area contributed by atoms with E-state index in [9.17, 15) is 13.6 Å². The maximum Gasteiger partial charge on any atom is 0.257 e. The fourth-order valence-electron chi connectivity index (χ4n) is 2.17. The lowest BCUT2D eigenvalue weighted by atomic mass is 10.1. The minimum atomic E-state index is -0.848. The number of benzene rings is 1. The molecule has 2 rings (SSSR count). The van der Waals surface area contributed by atoms with Gasteiger partial charge < -0.3 is 9.64 Å². The average molecular weight is 304 g/mol. The van der Waals surface area contributed by atoms with Gasteiger partial charge in [0.15, 0.2) is 0 Å². The lowest BCUT2D eigenvalue weighted by Gasteiger charge is -2.37. The molecule has 110 valence electrons. The van der Waals surface area contributed by atoms with Gasteiger partial charge in [0.25, 0.3) is 5.91 Å². The molecule has 0 spiro atoms. The number of alkyl halides is 1. The van der Waals surface area contributed by atoms with E-state index in [0.717, 1.165) is 6.07 Å². The topological polar surface area (TPSA) is 29.5 Å². The number of rotatable bonds is 2. The van der Waals surface area contributed by atoms with Crippen molar-refractivity contribution in [3.63, 3.8) is 0 Å². The van der Waals surface area contributed by atoms with Crippen molar-refractivity contribution in [1.29, 1.82) is 0 Å². The lowest BCUT2D eigenvalue weighted by molar-refractivity contribution is -0.0373. The minimum absolute atomic E-state index is 0.119. The molecule has 1 aromatic carbocycles. The Bertz CT molecular complexity index is 524. The van der Waals surface area contributed by atoms with Gasteiger partial charge >= 0.3 is 0 Å². The van der Waals surface area contributed by atoms with Crippen molar-refractivity contribution in [2.24, 2.45) is 0 Å². The van der Waals surface area contributed by atoms with E-state index in [0.29, 0.717) is 13.2 Å². The summed E-state index contributed by atoms with van der Waals surface area (Å²) >= 11 is 5.73. The van der Waals surface area contributed by atoms with E-state index in [2.05, 4.69) is 0 Å². The van der Waals surface area contributed by atoms with Crippen LogP contribution in [0.5, 0.6) is 0 Å². The van der Waals surface area contributed by atoms with Gasteiger partial charge in [-0.2, -0.15) is 0 Å². The number of carbonyl (C=O) groups is 1. The number of aryl methyl sites for hydroxylation is 1. The van der Waals surface area contributed by atoms with Crippen LogP contribution in [0.1, 0.15) is 22.8 Å². The lowest BCUT2D eigenvalue weighted by Crippen LogP contribution is -2.51. The van der Waals surface area contributed by atoms with Crippen LogP contribution in [0.4, 0.5) is 8.78 Å². The molecule has 1 fully saturated rings. The molecule has 1 heterocycles. The van der Waals surface area contributed by atoms with Gasteiger partial charge in [-0.3, -0.25) is 4.79 Å². The van der Waals surface area contributed by atoms with Crippen molar-refractivity contribution in [3.05, 3.63) is 34.9 Å². The van der Waals surface area contributed by atoms with E-state index in [1.807, 2.05) is 6.92 Å². The SMILES string of the molecule is Cc1cc(C(=O)N2CC(CCl)OCC2C)c(F)cc1F. The van der Waals surface area contributed by atoms with E-state index in [1.54, 1.807) is 0 Å². The third kappa shape index (κ3) is 2.94. The molecule has 1 amide bonds. The highest BCUT2D eigenvalue weighted by molar-refractivity contribution is 6.18. The zero-order valence-electron chi connectivity index (χ0n) is 11.3. The first-order valence-corrected chi connectivity index (χ1v) is 6.91. The number of halogens is 3. The largest absolute Gasteiger partial charge is 0.373 e. The maximum atomic E-state index is 13.8. The highest BCUT2D eigenvalue weighted by atomic mass is 35.5. The molecule has 0 N–H and O–H groups in total. The maximum absolute atomic E-state index is 13.8. The van der Waals surface area contributed by atoms with Crippen LogP contribution in [0.3, 0.4) is 0 Å². The molecular formula is C14H16ClF2NO2. The molecule has 1 aliphatic heterocycles. The van der Waals surface area contributed by atoms with Crippen LogP contribution in [0, 0.1) is 18.6 Å². The molecule has 0 radical (unpaired) electrons. The van der Waals surface area contributed by atoms with Gasteiger partial charge in [-0.15, -0.1) is 11.6 Å². The molecule has 0 bridgehead atoms. The van der Waals surface area contributed by atoms with Crippen LogP contribution < -0.4 is 0 Å². The summed E-state index contributed by atoms with van der Waals surface area (Å²) in [6.45, 7) is 3.97. The molecule has 2 atom stereocenters. The van der Waals surface area contributed by atoms with Gasteiger partial charge in [0.1, 0.15) is 11.6 Å². The summed E-state index contributed by atoms with van der Waals surface area (Å²) in [5, 5.41) is 0. The fourth-order valence-corrected chi connectivity index (χ4v) is 2.36. The second-order valence-electron chi connectivity index (χ2n) is 5.00. The summed E-state index contributed by atoms with van der Waals surface area (Å²) in [6, 6.07) is 1.81. The number of morpholine rings is 1. The second kappa shape index (κ2) is 6.06. The minimum Gasteiger partial charge on any atom is -0.373 e. The highest BCUT2D eigenvalue weighted by Gasteiger charge is 2.31. The number of nitrogens with zero attached hydrogens (tertiary/aromatic N) is 1. The molecule has 1 aromatic rings. The Morgan fingerprint density at radius 3 is 2.80 bits per heavy atom. The number of ether oxygens (including phenoxy) is 1. The number of hydrogen-bond donors (Lipinski definition) is 0. The zero-order valence-corrected chi connectivity index (χ0v) is 12.1. The fraction of sp³-hybridized carbons (Fsp3) is 0.500. The van der Waals surface area contributed by atoms with E-state index < -0.39 is 17.5 Å². The summed E-state index contributed by atoms with van der Waals surface area (Å²) < 4.78 is 32.5. The van der Waals surface area contributed by atoms with Gasteiger partial charge in [-0.1, -0.05) is 0 Å². The average Bonchev–Trinajstić information content (AvgIpc) is 2.42. The van der Waals surface area contributed by atoms with Crippen LogP contribution in [-0.4, -0.2) is 42.0 Å². The van der Waals surface area contributed by atoms with Crippen molar-refractivity contribution < 1.29 is 18.3 Å². The summed E-state index contributed by atoms with van der Waals surface area (Å²) in [4.78, 5) is 13.9. The summed E-state index contributed by atoms with van der Waals surface area (Å²) in [5.74, 6) is -1.70. The molecule has 3 nitrogen and oxygen atoms in total. The number of amides is 1. The molecular weight excluding hydrogens is 288 g/mol. The summed E-state index contributed by atoms with van der Waals surface area (Å²) in [5.41, 5.74) is 0.121. The summed E-state index contributed by atoms with van der Waals surface area (Å²) in [7, 11) is 0. The Labute approximate surface area is 121 Å². The molecule has 2 unspecified atom stereocenters. The molecule has 0 aromatic heterocycles. The summed E-state index contributed by atoms with van der Waals surface area (Å²) in [6.07, 6.45) is -0.263. The third-order valence-electron chi connectivity index (χ3n) is 3.42. The van der Waals surface area contributed by atoms with E-state index >= 15 is 0 Å². The Morgan fingerprint density at radius 1 is 1.45 bits per heavy atom. The molecule has 0 aliphatic carbocycles. The Balaban J connectivity index is 2.28. The van der Waals surface area contributed by atoms with Gasteiger partial charge in [0, 0.05) is 12.6 Å². The number of carbonyl (C=O) groups excluding carboxylic acids is 1. The monoisotopic (exact) mass is 303 g/mol. The Hall–Kier alpha value is -1.20. The first kappa shape index (κ1) is 15.2. The quantitative estimate of drug-likeness (QED) is 0.786. The van der Waals surface area contributed by atoms with Crippen molar-refractivity contribution in [1.82, 2.24) is 4.90 Å². The van der Waals surface area contributed by atoms with Crippen molar-refractivity contribution in [2.75, 3.05) is 19.0 Å². The van der Waals surface area contributed by atoms with Crippen LogP contribution in [0.2, 0.25) is 0 Å². The van der Waals surface area contributed by atoms with E-state index in [4.69, 9.17) is 16.3 Å². The smallest absolute Gasteiger partial charge is 0.257 e. The first-order chi connectivity index (χ1) is 9.43. The number of hydrogen-bond acceptors (Lipinski definition) is 2. The first-order valence-electron chi connectivity index (χ1n) is 6.38. The van der Waals surface area contributed by atoms with Crippen molar-refractivity contribution in [2.45, 2.75) is 26.0 Å². The van der Waals surface area contributed by atoms with Crippen LogP contribution >= 0.6 is 11.6 Å². The highest BCUT2D eigenvalue weighted by Crippen LogP contribution is 2.20. The van der Waals surface area contributed by atoms with Gasteiger partial charge in [0.2, 0.25) is 0 Å². The predicted octanol–water partition coefficient (Wildman–Crippen LogP) is 2.74. The zero-order chi connectivity index (χ0) is 14.9. The molecule has 1 saturated heterocycles. The van der Waals surface area contributed by atoms with Crippen molar-refractivity contribution >= 4 is 17.5 Å². The van der Waals surface area contributed by atoms with Gasteiger partial charge in [-0.05, 0) is 25.5 Å². The van der Waals surface area contributed by atoms with Crippen LogP contribution in [0.15, 0.2) is 12.1 Å². The molecule has 0 saturated carbocycles. The molecule has 6 heteroatoms. The molecule has 20 heavy (non-hydrogen) atoms. The van der Waals surface area contributed by atoms with E-state index in [-0.39, 0.29) is 29.2 Å². The van der Waals surface area contributed by atoms with Crippen LogP contribution in [0.25, 0.3) is 0 Å². The van der Waals surface area contributed by atoms with Crippen molar-refractivity contribution in [3.8, 4) is 0 Å². The second-order valence-corrected chi connectivity index (χ2v) is 5.31. The van der Waals surface area contributed by atoms with Crippen LogP contribution in [-0.2, 0) is 4.74 Å². The normalized spacial score (nSPS) is 22.9. The van der Waals surface area contributed by atoms with Gasteiger partial charge in [-0.25, -0.2) is 8.78 Å². The third-order valence-corrected chi connectivity index (χ3v) is 3.76. The predicted molar refractivity (Wildman–Crippen MR) is 72.1 cm³/mol. The Morgan fingerprint density at radius 2 is 2.15 bits per heavy atom. The molecule has 1 aliphatic rings. The Kier molecular flexibility index (Phi) is 4.60.